The van der Waals surface area contributed by atoms with Crippen molar-refractivity contribution in [3.63, 3.8) is 0 Å². The first-order chi connectivity index (χ1) is 15.5. The van der Waals surface area contributed by atoms with Gasteiger partial charge in [-0.05, 0) is 41.8 Å². The van der Waals surface area contributed by atoms with E-state index in [0.29, 0.717) is 43.7 Å². The van der Waals surface area contributed by atoms with Gasteiger partial charge in [-0.3, -0.25) is 9.59 Å². The Labute approximate surface area is 192 Å². The van der Waals surface area contributed by atoms with Crippen LogP contribution in [0.15, 0.2) is 47.8 Å². The van der Waals surface area contributed by atoms with Gasteiger partial charge >= 0.3 is 0 Å². The summed E-state index contributed by atoms with van der Waals surface area (Å²) in [5, 5.41) is 5.86. The second-order valence-electron chi connectivity index (χ2n) is 6.74. The molecule has 2 aromatic heterocycles. The molecular formula is C23H19ClN2O5S. The predicted octanol–water partition coefficient (Wildman–Crippen LogP) is 5.39. The number of hydrogen-bond donors (Lipinski definition) is 2. The van der Waals surface area contributed by atoms with Crippen molar-refractivity contribution < 1.29 is 23.8 Å². The molecule has 0 fully saturated rings. The highest BCUT2D eigenvalue weighted by Gasteiger charge is 2.23. The number of hydrogen-bond acceptors (Lipinski definition) is 6. The molecule has 2 heterocycles. The maximum absolute atomic E-state index is 13.2. The van der Waals surface area contributed by atoms with Crippen LogP contribution < -0.4 is 19.5 Å². The number of aromatic nitrogens is 1. The molecule has 0 radical (unpaired) electrons. The molecule has 0 saturated heterocycles. The van der Waals surface area contributed by atoms with Crippen LogP contribution in [0.5, 0.6) is 17.2 Å². The molecule has 164 valence electrons. The maximum atomic E-state index is 13.2. The lowest BCUT2D eigenvalue weighted by Crippen LogP contribution is -2.15. The summed E-state index contributed by atoms with van der Waals surface area (Å²) in [6.45, 7) is 0. The van der Waals surface area contributed by atoms with Crippen LogP contribution in [0.25, 0.3) is 10.9 Å². The number of amides is 1. The van der Waals surface area contributed by atoms with E-state index in [0.717, 1.165) is 0 Å². The molecule has 32 heavy (non-hydrogen) atoms. The van der Waals surface area contributed by atoms with E-state index in [9.17, 15) is 9.59 Å². The second-order valence-corrected chi connectivity index (χ2v) is 8.12. The highest BCUT2D eigenvalue weighted by molar-refractivity contribution is 7.12. The van der Waals surface area contributed by atoms with Crippen molar-refractivity contribution >= 4 is 51.2 Å². The third-order valence-corrected chi connectivity index (χ3v) is 6.00. The number of fused-ring (bicyclic) bond motifs is 1. The Morgan fingerprint density at radius 2 is 1.72 bits per heavy atom. The number of methoxy groups -OCH3 is 3. The average Bonchev–Trinajstić information content (AvgIpc) is 3.46. The lowest BCUT2D eigenvalue weighted by atomic mass is 10.1. The third kappa shape index (κ3) is 3.90. The largest absolute Gasteiger partial charge is 0.493 e. The number of nitrogens with one attached hydrogen (secondary N) is 2. The first-order valence-electron chi connectivity index (χ1n) is 9.47. The molecule has 2 N–H and O–H groups in total. The maximum Gasteiger partial charge on any atom is 0.256 e. The number of aromatic amines is 1. The smallest absolute Gasteiger partial charge is 0.256 e. The fourth-order valence-corrected chi connectivity index (χ4v) is 4.24. The standard InChI is InChI=1S/C23H19ClN2O5S/c1-29-16-9-12(10-17(30-2)22(16)31-3)23(28)26-19-14-7-6-13(24)11-15(14)25-20(19)21(27)18-5-4-8-32-18/h4-11,25H,1-3H3,(H,26,28). The van der Waals surface area contributed by atoms with Gasteiger partial charge in [0.1, 0.15) is 5.69 Å². The van der Waals surface area contributed by atoms with Gasteiger partial charge in [0.05, 0.1) is 31.9 Å². The van der Waals surface area contributed by atoms with Gasteiger partial charge in [0.25, 0.3) is 5.91 Å². The third-order valence-electron chi connectivity index (χ3n) is 4.90. The Morgan fingerprint density at radius 1 is 1.00 bits per heavy atom. The van der Waals surface area contributed by atoms with E-state index in [1.807, 2.05) is 5.38 Å². The number of ether oxygens (including phenoxy) is 3. The fourth-order valence-electron chi connectivity index (χ4n) is 3.40. The van der Waals surface area contributed by atoms with E-state index in [-0.39, 0.29) is 17.0 Å². The van der Waals surface area contributed by atoms with Crippen molar-refractivity contribution in [1.82, 2.24) is 4.98 Å². The van der Waals surface area contributed by atoms with Crippen molar-refractivity contribution in [2.75, 3.05) is 26.6 Å². The van der Waals surface area contributed by atoms with E-state index in [4.69, 9.17) is 25.8 Å². The van der Waals surface area contributed by atoms with Crippen LogP contribution in [0.4, 0.5) is 5.69 Å². The molecule has 4 aromatic rings. The lowest BCUT2D eigenvalue weighted by Gasteiger charge is -2.14. The zero-order valence-electron chi connectivity index (χ0n) is 17.4. The van der Waals surface area contributed by atoms with Crippen LogP contribution in [-0.2, 0) is 0 Å². The summed E-state index contributed by atoms with van der Waals surface area (Å²) < 4.78 is 16.0. The number of carbonyl (C=O) groups excluding carboxylic acids is 2. The second kappa shape index (κ2) is 8.94. The SMILES string of the molecule is COc1cc(C(=O)Nc2c(C(=O)c3cccs3)[nH]c3cc(Cl)ccc23)cc(OC)c1OC. The van der Waals surface area contributed by atoms with Gasteiger partial charge in [0, 0.05) is 21.5 Å². The molecule has 0 aliphatic carbocycles. The Bertz CT molecular complexity index is 1290. The molecule has 0 aliphatic heterocycles. The van der Waals surface area contributed by atoms with E-state index in [2.05, 4.69) is 10.3 Å². The summed E-state index contributed by atoms with van der Waals surface area (Å²) >= 11 is 7.45. The zero-order chi connectivity index (χ0) is 22.8. The number of halogens is 1. The molecule has 4 rings (SSSR count). The monoisotopic (exact) mass is 470 g/mol. The van der Waals surface area contributed by atoms with Gasteiger partial charge < -0.3 is 24.5 Å². The van der Waals surface area contributed by atoms with E-state index >= 15 is 0 Å². The van der Waals surface area contributed by atoms with Crippen LogP contribution in [-0.4, -0.2) is 38.0 Å². The normalized spacial score (nSPS) is 10.8. The van der Waals surface area contributed by atoms with Crippen molar-refractivity contribution in [1.29, 1.82) is 0 Å². The molecule has 0 aliphatic rings. The Kier molecular flexibility index (Phi) is 6.07. The summed E-state index contributed by atoms with van der Waals surface area (Å²) in [6.07, 6.45) is 0. The van der Waals surface area contributed by atoms with Gasteiger partial charge in [0.2, 0.25) is 11.5 Å². The quantitative estimate of drug-likeness (QED) is 0.353. The first kappa shape index (κ1) is 21.7. The summed E-state index contributed by atoms with van der Waals surface area (Å²) in [7, 11) is 4.43. The number of thiophene rings is 1. The topological polar surface area (TPSA) is 89.7 Å². The lowest BCUT2D eigenvalue weighted by molar-refractivity contribution is 0.102. The van der Waals surface area contributed by atoms with E-state index in [1.54, 1.807) is 42.5 Å². The van der Waals surface area contributed by atoms with Crippen molar-refractivity contribution in [2.24, 2.45) is 0 Å². The summed E-state index contributed by atoms with van der Waals surface area (Å²) in [5.74, 6) is 0.393. The van der Waals surface area contributed by atoms with Gasteiger partial charge in [-0.25, -0.2) is 0 Å². The highest BCUT2D eigenvalue weighted by atomic mass is 35.5. The van der Waals surface area contributed by atoms with E-state index < -0.39 is 5.91 Å². The molecule has 0 spiro atoms. The van der Waals surface area contributed by atoms with Gasteiger partial charge in [-0.15, -0.1) is 11.3 Å². The predicted molar refractivity (Wildman–Crippen MR) is 125 cm³/mol. The summed E-state index contributed by atoms with van der Waals surface area (Å²) in [6, 6.07) is 11.8. The highest BCUT2D eigenvalue weighted by Crippen LogP contribution is 2.39. The molecule has 0 bridgehead atoms. The van der Waals surface area contributed by atoms with Crippen LogP contribution in [0.2, 0.25) is 5.02 Å². The Hall–Kier alpha value is -3.49. The molecule has 1 amide bonds. The molecule has 7 nitrogen and oxygen atoms in total. The Balaban J connectivity index is 1.79. The van der Waals surface area contributed by atoms with Crippen molar-refractivity contribution in [2.45, 2.75) is 0 Å². The number of rotatable bonds is 7. The molecule has 9 heteroatoms. The molecule has 2 aromatic carbocycles. The van der Waals surface area contributed by atoms with Gasteiger partial charge in [-0.2, -0.15) is 0 Å². The minimum absolute atomic E-state index is 0.229. The molecule has 0 unspecified atom stereocenters. The first-order valence-corrected chi connectivity index (χ1v) is 10.7. The number of benzene rings is 2. The Morgan fingerprint density at radius 3 is 2.31 bits per heavy atom. The van der Waals surface area contributed by atoms with Gasteiger partial charge in [0.15, 0.2) is 11.5 Å². The van der Waals surface area contributed by atoms with Crippen LogP contribution in [0.1, 0.15) is 25.7 Å². The van der Waals surface area contributed by atoms with Crippen molar-refractivity contribution in [3.8, 4) is 17.2 Å². The molecule has 0 atom stereocenters. The van der Waals surface area contributed by atoms with Crippen LogP contribution in [0.3, 0.4) is 0 Å². The number of anilines is 1. The fraction of sp³-hybridized carbons (Fsp3) is 0.130. The van der Waals surface area contributed by atoms with Crippen LogP contribution >= 0.6 is 22.9 Å². The number of ketones is 1. The minimum Gasteiger partial charge on any atom is -0.493 e. The van der Waals surface area contributed by atoms with Gasteiger partial charge in [-0.1, -0.05) is 17.7 Å². The number of H-pyrrole nitrogens is 1. The number of carbonyl (C=O) groups is 2. The minimum atomic E-state index is -0.444. The van der Waals surface area contributed by atoms with Crippen LogP contribution in [0, 0.1) is 0 Å². The van der Waals surface area contributed by atoms with Crippen molar-refractivity contribution in [3.05, 3.63) is 69.0 Å². The summed E-state index contributed by atoms with van der Waals surface area (Å²) in [4.78, 5) is 30.0. The molecule has 0 saturated carbocycles. The zero-order valence-corrected chi connectivity index (χ0v) is 19.0. The summed E-state index contributed by atoms with van der Waals surface area (Å²) in [5.41, 5.74) is 1.55. The average molecular weight is 471 g/mol. The van der Waals surface area contributed by atoms with E-state index in [1.165, 1.54) is 32.7 Å². The molecular weight excluding hydrogens is 452 g/mol.